The molecule has 2 N–H and O–H groups in total. The van der Waals surface area contributed by atoms with Crippen LogP contribution < -0.4 is 10.1 Å². The van der Waals surface area contributed by atoms with E-state index in [4.69, 9.17) is 16.3 Å². The Morgan fingerprint density at radius 2 is 2.04 bits per heavy atom. The molecule has 1 amide bonds. The highest BCUT2D eigenvalue weighted by atomic mass is 35.5. The van der Waals surface area contributed by atoms with Gasteiger partial charge in [-0.15, -0.1) is 0 Å². The second-order valence-electron chi connectivity index (χ2n) is 5.89. The second-order valence-corrected chi connectivity index (χ2v) is 6.30. The molecule has 0 saturated heterocycles. The van der Waals surface area contributed by atoms with Crippen LogP contribution in [-0.4, -0.2) is 28.2 Å². The first-order chi connectivity index (χ1) is 13.0. The molecule has 0 spiro atoms. The number of rotatable bonds is 6. The van der Waals surface area contributed by atoms with Gasteiger partial charge >= 0.3 is 0 Å². The molecule has 0 bridgehead atoms. The number of carbonyl (C=O) groups is 1. The Labute approximate surface area is 162 Å². The average molecular weight is 383 g/mol. The van der Waals surface area contributed by atoms with Crippen LogP contribution in [0.5, 0.6) is 5.75 Å². The van der Waals surface area contributed by atoms with Crippen molar-refractivity contribution in [2.75, 3.05) is 7.11 Å². The number of aryl methyl sites for hydroxylation is 1. The van der Waals surface area contributed by atoms with Crippen LogP contribution in [0.25, 0.3) is 17.5 Å². The van der Waals surface area contributed by atoms with E-state index in [0.717, 1.165) is 22.4 Å². The quantitative estimate of drug-likeness (QED) is 0.636. The van der Waals surface area contributed by atoms with Crippen molar-refractivity contribution < 1.29 is 9.53 Å². The zero-order valence-corrected chi connectivity index (χ0v) is 15.7. The van der Waals surface area contributed by atoms with E-state index in [-0.39, 0.29) is 12.5 Å². The van der Waals surface area contributed by atoms with Gasteiger partial charge < -0.3 is 10.1 Å². The lowest BCUT2D eigenvalue weighted by molar-refractivity contribution is -0.116. The maximum absolute atomic E-state index is 12.0. The first-order valence-corrected chi connectivity index (χ1v) is 8.71. The van der Waals surface area contributed by atoms with Gasteiger partial charge in [0.15, 0.2) is 5.82 Å². The highest BCUT2D eigenvalue weighted by Crippen LogP contribution is 2.19. The topological polar surface area (TPSA) is 79.9 Å². The lowest BCUT2D eigenvalue weighted by Gasteiger charge is -2.00. The van der Waals surface area contributed by atoms with Crippen molar-refractivity contribution >= 4 is 23.6 Å². The normalized spacial score (nSPS) is 10.9. The molecular weight excluding hydrogens is 364 g/mol. The summed E-state index contributed by atoms with van der Waals surface area (Å²) in [7, 11) is 1.62. The lowest BCUT2D eigenvalue weighted by atomic mass is 10.1. The number of halogens is 1. The number of aromatic nitrogens is 3. The van der Waals surface area contributed by atoms with Gasteiger partial charge in [-0.3, -0.25) is 9.89 Å². The van der Waals surface area contributed by atoms with Gasteiger partial charge in [-0.05, 0) is 54.5 Å². The summed E-state index contributed by atoms with van der Waals surface area (Å²) in [5.74, 6) is 1.67. The maximum atomic E-state index is 12.0. The molecule has 0 aliphatic rings. The molecule has 1 heterocycles. The molecule has 0 fully saturated rings. The van der Waals surface area contributed by atoms with E-state index in [1.807, 2.05) is 49.4 Å². The van der Waals surface area contributed by atoms with Crippen LogP contribution in [-0.2, 0) is 11.3 Å². The first-order valence-electron chi connectivity index (χ1n) is 8.33. The minimum absolute atomic E-state index is 0.228. The number of benzene rings is 2. The van der Waals surface area contributed by atoms with Crippen LogP contribution in [0.1, 0.15) is 17.0 Å². The highest BCUT2D eigenvalue weighted by molar-refractivity contribution is 6.31. The van der Waals surface area contributed by atoms with Gasteiger partial charge in [-0.25, -0.2) is 4.98 Å². The molecule has 0 atom stereocenters. The van der Waals surface area contributed by atoms with Crippen LogP contribution in [0.15, 0.2) is 48.5 Å². The number of methoxy groups -OCH3 is 1. The zero-order valence-electron chi connectivity index (χ0n) is 15.0. The zero-order chi connectivity index (χ0) is 19.2. The van der Waals surface area contributed by atoms with Crippen molar-refractivity contribution in [3.05, 3.63) is 70.5 Å². The third-order valence-corrected chi connectivity index (χ3v) is 4.34. The van der Waals surface area contributed by atoms with Crippen LogP contribution >= 0.6 is 11.6 Å². The largest absolute Gasteiger partial charge is 0.497 e. The molecule has 0 aliphatic carbocycles. The molecular formula is C20H19ClN4O2. The standard InChI is InChI=1S/C20H19ClN4O2/c1-13-3-4-14(11-17(13)21)5-10-19(26)22-12-18-23-20(25-24-18)15-6-8-16(27-2)9-7-15/h3-11H,12H2,1-2H3,(H,22,26)(H,23,24,25)/b10-5+. The van der Waals surface area contributed by atoms with Gasteiger partial charge in [0.25, 0.3) is 0 Å². The summed E-state index contributed by atoms with van der Waals surface area (Å²) < 4.78 is 5.13. The number of H-pyrrole nitrogens is 1. The van der Waals surface area contributed by atoms with Gasteiger partial charge in [-0.2, -0.15) is 5.10 Å². The minimum Gasteiger partial charge on any atom is -0.497 e. The predicted molar refractivity (Wildman–Crippen MR) is 105 cm³/mol. The van der Waals surface area contributed by atoms with Gasteiger partial charge in [0.05, 0.1) is 13.7 Å². The molecule has 3 rings (SSSR count). The molecule has 6 nitrogen and oxygen atoms in total. The number of nitrogens with one attached hydrogen (secondary N) is 2. The number of amides is 1. The number of hydrogen-bond acceptors (Lipinski definition) is 4. The van der Waals surface area contributed by atoms with Crippen molar-refractivity contribution in [1.29, 1.82) is 0 Å². The summed E-state index contributed by atoms with van der Waals surface area (Å²) in [6.45, 7) is 2.18. The van der Waals surface area contributed by atoms with Gasteiger partial charge in [-0.1, -0.05) is 23.7 Å². The molecule has 138 valence electrons. The van der Waals surface area contributed by atoms with Gasteiger partial charge in [0.1, 0.15) is 11.6 Å². The Morgan fingerprint density at radius 1 is 1.26 bits per heavy atom. The summed E-state index contributed by atoms with van der Waals surface area (Å²) in [6, 6.07) is 13.1. The van der Waals surface area contributed by atoms with E-state index in [0.29, 0.717) is 16.7 Å². The van der Waals surface area contributed by atoms with Gasteiger partial charge in [0.2, 0.25) is 5.91 Å². The first kappa shape index (κ1) is 18.7. The van der Waals surface area contributed by atoms with E-state index in [1.54, 1.807) is 13.2 Å². The Kier molecular flexibility index (Phi) is 5.88. The van der Waals surface area contributed by atoms with E-state index < -0.39 is 0 Å². The lowest BCUT2D eigenvalue weighted by Crippen LogP contribution is -2.20. The monoisotopic (exact) mass is 382 g/mol. The van der Waals surface area contributed by atoms with Crippen LogP contribution in [0.4, 0.5) is 0 Å². The molecule has 2 aromatic carbocycles. The summed E-state index contributed by atoms with van der Waals surface area (Å²) in [5.41, 5.74) is 2.72. The summed E-state index contributed by atoms with van der Waals surface area (Å²) in [5, 5.41) is 10.4. The maximum Gasteiger partial charge on any atom is 0.244 e. The Hall–Kier alpha value is -3.12. The summed E-state index contributed by atoms with van der Waals surface area (Å²) >= 11 is 6.08. The van der Waals surface area contributed by atoms with Crippen molar-refractivity contribution in [3.63, 3.8) is 0 Å². The fraction of sp³-hybridized carbons (Fsp3) is 0.150. The molecule has 0 saturated carbocycles. The molecule has 0 radical (unpaired) electrons. The Bertz CT molecular complexity index is 964. The Balaban J connectivity index is 1.56. The number of hydrogen-bond donors (Lipinski definition) is 2. The predicted octanol–water partition coefficient (Wildman–Crippen LogP) is 3.77. The third-order valence-electron chi connectivity index (χ3n) is 3.93. The van der Waals surface area contributed by atoms with Crippen LogP contribution in [0, 0.1) is 6.92 Å². The van der Waals surface area contributed by atoms with E-state index in [1.165, 1.54) is 6.08 Å². The number of ether oxygens (including phenoxy) is 1. The minimum atomic E-state index is -0.228. The number of aromatic amines is 1. The van der Waals surface area contributed by atoms with Crippen molar-refractivity contribution in [1.82, 2.24) is 20.5 Å². The molecule has 1 aromatic heterocycles. The third kappa shape index (κ3) is 4.95. The summed E-state index contributed by atoms with van der Waals surface area (Å²) in [4.78, 5) is 16.4. The molecule has 7 heteroatoms. The second kappa shape index (κ2) is 8.51. The summed E-state index contributed by atoms with van der Waals surface area (Å²) in [6.07, 6.45) is 3.17. The van der Waals surface area contributed by atoms with Crippen LogP contribution in [0.3, 0.4) is 0 Å². The van der Waals surface area contributed by atoms with E-state index in [2.05, 4.69) is 20.5 Å². The molecule has 3 aromatic rings. The van der Waals surface area contributed by atoms with E-state index >= 15 is 0 Å². The van der Waals surface area contributed by atoms with E-state index in [9.17, 15) is 4.79 Å². The van der Waals surface area contributed by atoms with Gasteiger partial charge in [0, 0.05) is 16.7 Å². The molecule has 27 heavy (non-hydrogen) atoms. The van der Waals surface area contributed by atoms with Crippen molar-refractivity contribution in [3.8, 4) is 17.1 Å². The van der Waals surface area contributed by atoms with Crippen molar-refractivity contribution in [2.45, 2.75) is 13.5 Å². The fourth-order valence-corrected chi connectivity index (χ4v) is 2.55. The SMILES string of the molecule is COc1ccc(-c2n[nH]c(CNC(=O)/C=C/c3ccc(C)c(Cl)c3)n2)cc1. The number of nitrogens with zero attached hydrogens (tertiary/aromatic N) is 2. The fourth-order valence-electron chi connectivity index (χ4n) is 2.36. The number of carbonyl (C=O) groups excluding carboxylic acids is 1. The smallest absolute Gasteiger partial charge is 0.244 e. The van der Waals surface area contributed by atoms with Crippen LogP contribution in [0.2, 0.25) is 5.02 Å². The highest BCUT2D eigenvalue weighted by Gasteiger charge is 2.07. The Morgan fingerprint density at radius 3 is 2.74 bits per heavy atom. The molecule has 0 aliphatic heterocycles. The van der Waals surface area contributed by atoms with Crippen molar-refractivity contribution in [2.24, 2.45) is 0 Å². The average Bonchev–Trinajstić information content (AvgIpc) is 3.16. The molecule has 0 unspecified atom stereocenters.